The Kier molecular flexibility index (Phi) is 10.4. The Morgan fingerprint density at radius 2 is 1.71 bits per heavy atom. The smallest absolute Gasteiger partial charge is 0.394 e. The molecule has 1 aliphatic rings. The summed E-state index contributed by atoms with van der Waals surface area (Å²) >= 11 is 0. The SMILES string of the molecule is CCC(F)(F)OC[C@@H]1CC(c2ccc(C(F)(F)F)cc2)CN1c1ncc(C(=O)N[C@@H](CO)c2ccc(S(=O)(=O)CC)cn2)cn1. The lowest BCUT2D eigenvalue weighted by molar-refractivity contribution is -0.241. The molecule has 1 saturated heterocycles. The zero-order valence-electron chi connectivity index (χ0n) is 24.3. The first kappa shape index (κ1) is 34.1. The standard InChI is InChI=1S/C29H32F5N5O5S/c1-3-28(30,31)44-17-22-11-19(18-5-7-21(8-6-18)29(32,33)34)15-39(22)27-36-12-20(13-37-27)26(41)38-25(16-40)24-10-9-23(14-35-24)45(42,43)4-2/h5-10,12-14,19,22,25,40H,3-4,11,15-17H2,1-2H3,(H,38,41)/t19?,22-,25-/m0/s1. The van der Waals surface area contributed by atoms with Gasteiger partial charge in [-0.2, -0.15) is 22.0 Å². The predicted octanol–water partition coefficient (Wildman–Crippen LogP) is 4.53. The van der Waals surface area contributed by atoms with Crippen LogP contribution in [-0.2, 0) is 20.8 Å². The number of nitrogens with zero attached hydrogens (tertiary/aromatic N) is 4. The van der Waals surface area contributed by atoms with Crippen LogP contribution in [0.5, 0.6) is 0 Å². The number of pyridine rings is 1. The summed E-state index contributed by atoms with van der Waals surface area (Å²) in [6.07, 6.45) is -4.58. The van der Waals surface area contributed by atoms with Crippen LogP contribution >= 0.6 is 0 Å². The minimum atomic E-state index is -4.50. The molecule has 3 aromatic rings. The summed E-state index contributed by atoms with van der Waals surface area (Å²) in [4.78, 5) is 27.1. The van der Waals surface area contributed by atoms with Gasteiger partial charge in [-0.1, -0.05) is 26.0 Å². The molecule has 4 rings (SSSR count). The molecule has 1 aromatic carbocycles. The molecule has 0 saturated carbocycles. The molecule has 244 valence electrons. The number of aliphatic hydroxyl groups excluding tert-OH is 1. The van der Waals surface area contributed by atoms with Gasteiger partial charge in [0.25, 0.3) is 5.91 Å². The van der Waals surface area contributed by atoms with Crippen LogP contribution in [0.25, 0.3) is 0 Å². The number of rotatable bonds is 12. The van der Waals surface area contributed by atoms with Crippen molar-refractivity contribution in [1.82, 2.24) is 20.3 Å². The Balaban J connectivity index is 1.50. The van der Waals surface area contributed by atoms with Crippen molar-refractivity contribution in [3.8, 4) is 0 Å². The van der Waals surface area contributed by atoms with Crippen LogP contribution in [0.4, 0.5) is 27.9 Å². The molecule has 3 atom stereocenters. The van der Waals surface area contributed by atoms with Gasteiger partial charge in [0, 0.05) is 37.5 Å². The summed E-state index contributed by atoms with van der Waals surface area (Å²) in [6, 6.07) is 5.75. The number of alkyl halides is 5. The number of aliphatic hydroxyl groups is 1. The van der Waals surface area contributed by atoms with Gasteiger partial charge < -0.3 is 20.1 Å². The summed E-state index contributed by atoms with van der Waals surface area (Å²) in [6.45, 7) is 2.03. The van der Waals surface area contributed by atoms with Gasteiger partial charge in [-0.15, -0.1) is 0 Å². The average Bonchev–Trinajstić information content (AvgIpc) is 3.47. The first-order valence-electron chi connectivity index (χ1n) is 14.1. The zero-order valence-corrected chi connectivity index (χ0v) is 25.2. The topological polar surface area (TPSA) is 135 Å². The second-order valence-electron chi connectivity index (χ2n) is 10.5. The highest BCUT2D eigenvalue weighted by molar-refractivity contribution is 7.91. The van der Waals surface area contributed by atoms with Crippen molar-refractivity contribution in [3.63, 3.8) is 0 Å². The van der Waals surface area contributed by atoms with Crippen LogP contribution in [0.3, 0.4) is 0 Å². The molecule has 2 N–H and O–H groups in total. The van der Waals surface area contributed by atoms with Gasteiger partial charge in [0.2, 0.25) is 5.95 Å². The monoisotopic (exact) mass is 657 g/mol. The van der Waals surface area contributed by atoms with E-state index in [4.69, 9.17) is 4.74 Å². The van der Waals surface area contributed by atoms with Gasteiger partial charge in [-0.05, 0) is 36.2 Å². The van der Waals surface area contributed by atoms with Crippen molar-refractivity contribution in [2.24, 2.45) is 0 Å². The molecule has 1 amide bonds. The highest BCUT2D eigenvalue weighted by atomic mass is 32.2. The number of carbonyl (C=O) groups excluding carboxylic acids is 1. The molecule has 3 heterocycles. The maximum atomic E-state index is 13.9. The maximum absolute atomic E-state index is 13.9. The van der Waals surface area contributed by atoms with Crippen molar-refractivity contribution in [3.05, 3.63) is 77.4 Å². The van der Waals surface area contributed by atoms with Crippen LogP contribution < -0.4 is 10.2 Å². The van der Waals surface area contributed by atoms with Gasteiger partial charge >= 0.3 is 12.3 Å². The fourth-order valence-corrected chi connectivity index (χ4v) is 5.64. The first-order chi connectivity index (χ1) is 21.2. The summed E-state index contributed by atoms with van der Waals surface area (Å²) in [5, 5.41) is 12.4. The van der Waals surface area contributed by atoms with Crippen molar-refractivity contribution in [2.75, 3.05) is 30.4 Å². The molecule has 1 fully saturated rings. The number of hydrogen-bond acceptors (Lipinski definition) is 9. The number of hydrogen-bond donors (Lipinski definition) is 2. The number of aromatic nitrogens is 3. The van der Waals surface area contributed by atoms with Crippen molar-refractivity contribution in [1.29, 1.82) is 0 Å². The Hall–Kier alpha value is -3.76. The molecule has 1 unspecified atom stereocenters. The molecule has 0 aliphatic carbocycles. The van der Waals surface area contributed by atoms with Crippen molar-refractivity contribution >= 4 is 21.7 Å². The average molecular weight is 658 g/mol. The molecule has 0 radical (unpaired) electrons. The van der Waals surface area contributed by atoms with E-state index in [1.165, 1.54) is 50.5 Å². The van der Waals surface area contributed by atoms with E-state index in [0.717, 1.165) is 18.3 Å². The molecular weight excluding hydrogens is 625 g/mol. The van der Waals surface area contributed by atoms with E-state index in [-0.39, 0.29) is 46.7 Å². The van der Waals surface area contributed by atoms with Crippen molar-refractivity contribution < 1.29 is 45.0 Å². The van der Waals surface area contributed by atoms with Crippen LogP contribution in [0.2, 0.25) is 0 Å². The van der Waals surface area contributed by atoms with Crippen LogP contribution in [-0.4, -0.2) is 72.0 Å². The van der Waals surface area contributed by atoms with Crippen LogP contribution in [0, 0.1) is 0 Å². The number of benzene rings is 1. The fraction of sp³-hybridized carbons (Fsp3) is 0.448. The summed E-state index contributed by atoms with van der Waals surface area (Å²) < 4.78 is 95.9. The highest BCUT2D eigenvalue weighted by Gasteiger charge is 2.38. The number of amides is 1. The van der Waals surface area contributed by atoms with E-state index in [1.54, 1.807) is 4.90 Å². The van der Waals surface area contributed by atoms with Crippen LogP contribution in [0.1, 0.15) is 65.8 Å². The van der Waals surface area contributed by atoms with Gasteiger partial charge in [0.05, 0.1) is 52.8 Å². The van der Waals surface area contributed by atoms with E-state index >= 15 is 0 Å². The number of halogens is 5. The lowest BCUT2D eigenvalue weighted by Crippen LogP contribution is -2.37. The maximum Gasteiger partial charge on any atom is 0.416 e. The number of anilines is 1. The third kappa shape index (κ3) is 8.29. The van der Waals surface area contributed by atoms with E-state index in [2.05, 4.69) is 20.3 Å². The predicted molar refractivity (Wildman–Crippen MR) is 152 cm³/mol. The van der Waals surface area contributed by atoms with Crippen LogP contribution in [0.15, 0.2) is 59.9 Å². The fourth-order valence-electron chi connectivity index (χ4n) is 4.82. The highest BCUT2D eigenvalue weighted by Crippen LogP contribution is 2.37. The first-order valence-corrected chi connectivity index (χ1v) is 15.7. The summed E-state index contributed by atoms with van der Waals surface area (Å²) in [5.74, 6) is -1.02. The molecule has 10 nitrogen and oxygen atoms in total. The Labute approximate surface area is 256 Å². The van der Waals surface area contributed by atoms with Gasteiger partial charge in [-0.25, -0.2) is 18.4 Å². The number of carbonyl (C=O) groups is 1. The van der Waals surface area contributed by atoms with Gasteiger partial charge in [0.1, 0.15) is 0 Å². The quantitative estimate of drug-likeness (QED) is 0.270. The third-order valence-corrected chi connectivity index (χ3v) is 9.24. The summed E-state index contributed by atoms with van der Waals surface area (Å²) in [5.41, 5.74) is 0.00176. The number of ether oxygens (including phenoxy) is 1. The molecule has 0 bridgehead atoms. The minimum Gasteiger partial charge on any atom is -0.394 e. The Morgan fingerprint density at radius 3 is 2.24 bits per heavy atom. The number of sulfone groups is 1. The normalized spacial score (nSPS) is 18.2. The van der Waals surface area contributed by atoms with E-state index in [9.17, 15) is 40.3 Å². The summed E-state index contributed by atoms with van der Waals surface area (Å²) in [7, 11) is -3.49. The lowest BCUT2D eigenvalue weighted by Gasteiger charge is -2.26. The Bertz CT molecular complexity index is 1560. The second kappa shape index (κ2) is 13.7. The molecule has 0 spiro atoms. The van der Waals surface area contributed by atoms with Gasteiger partial charge in [0.15, 0.2) is 9.84 Å². The van der Waals surface area contributed by atoms with E-state index < -0.39 is 65.3 Å². The largest absolute Gasteiger partial charge is 0.416 e. The zero-order chi connectivity index (χ0) is 33.0. The lowest BCUT2D eigenvalue weighted by atomic mass is 9.95. The molecule has 2 aromatic heterocycles. The minimum absolute atomic E-state index is 0.00495. The Morgan fingerprint density at radius 1 is 1.04 bits per heavy atom. The van der Waals surface area contributed by atoms with Crippen molar-refractivity contribution in [2.45, 2.75) is 61.9 Å². The molecule has 16 heteroatoms. The van der Waals surface area contributed by atoms with E-state index in [1.807, 2.05) is 0 Å². The van der Waals surface area contributed by atoms with Gasteiger partial charge in [-0.3, -0.25) is 9.78 Å². The third-order valence-electron chi connectivity index (χ3n) is 7.52. The molecule has 45 heavy (non-hydrogen) atoms. The molecule has 1 aliphatic heterocycles. The molecular formula is C29H32F5N5O5S. The second-order valence-corrected chi connectivity index (χ2v) is 12.7. The van der Waals surface area contributed by atoms with E-state index in [0.29, 0.717) is 5.56 Å². The number of nitrogens with one attached hydrogen (secondary N) is 1.